The van der Waals surface area contributed by atoms with Crippen molar-refractivity contribution in [3.63, 3.8) is 0 Å². The van der Waals surface area contributed by atoms with Crippen molar-refractivity contribution in [2.45, 2.75) is 89.8 Å². The standard InChI is InChI=1S/C30H39NO5/c1-2-3-16-26-20-21-27(31(26)30(34)36-23-24-12-6-4-7-13-24)17-10-18-28(32)19-11-22-35-29(33)25-14-8-5-9-15-25/h4-9,12-15,26-27H,2-3,10-11,16-23H2,1H3/t26-,27-/m1/s1. The smallest absolute Gasteiger partial charge is 0.410 e. The first-order valence-electron chi connectivity index (χ1n) is 13.3. The predicted octanol–water partition coefficient (Wildman–Crippen LogP) is 6.72. The van der Waals surface area contributed by atoms with E-state index in [4.69, 9.17) is 9.47 Å². The number of hydrogen-bond acceptors (Lipinski definition) is 5. The van der Waals surface area contributed by atoms with Gasteiger partial charge in [-0.1, -0.05) is 68.3 Å². The second kappa shape index (κ2) is 15.1. The molecule has 2 aromatic rings. The van der Waals surface area contributed by atoms with Crippen molar-refractivity contribution >= 4 is 17.8 Å². The van der Waals surface area contributed by atoms with Crippen molar-refractivity contribution in [1.82, 2.24) is 4.90 Å². The zero-order valence-electron chi connectivity index (χ0n) is 21.4. The number of nitrogens with zero attached hydrogens (tertiary/aromatic N) is 1. The fraction of sp³-hybridized carbons (Fsp3) is 0.500. The third-order valence-electron chi connectivity index (χ3n) is 6.76. The largest absolute Gasteiger partial charge is 0.462 e. The normalized spacial score (nSPS) is 17.1. The number of esters is 1. The summed E-state index contributed by atoms with van der Waals surface area (Å²) < 4.78 is 10.9. The molecule has 1 amide bonds. The Labute approximate surface area is 215 Å². The molecule has 2 atom stereocenters. The summed E-state index contributed by atoms with van der Waals surface area (Å²) in [5.74, 6) is -0.189. The molecule has 36 heavy (non-hydrogen) atoms. The highest BCUT2D eigenvalue weighted by atomic mass is 16.6. The number of hydrogen-bond donors (Lipinski definition) is 0. The van der Waals surface area contributed by atoms with Crippen molar-refractivity contribution in [2.75, 3.05) is 6.61 Å². The molecule has 0 saturated carbocycles. The predicted molar refractivity (Wildman–Crippen MR) is 140 cm³/mol. The van der Waals surface area contributed by atoms with Gasteiger partial charge in [-0.05, 0) is 56.2 Å². The van der Waals surface area contributed by atoms with Crippen LogP contribution in [0.1, 0.15) is 87.1 Å². The molecule has 1 heterocycles. The van der Waals surface area contributed by atoms with E-state index in [0.29, 0.717) is 24.8 Å². The molecule has 0 aliphatic carbocycles. The molecule has 2 aromatic carbocycles. The van der Waals surface area contributed by atoms with Gasteiger partial charge in [-0.2, -0.15) is 0 Å². The van der Waals surface area contributed by atoms with Gasteiger partial charge in [0.1, 0.15) is 12.4 Å². The molecule has 1 saturated heterocycles. The molecular weight excluding hydrogens is 454 g/mol. The van der Waals surface area contributed by atoms with Crippen molar-refractivity contribution in [3.05, 3.63) is 71.8 Å². The first kappa shape index (κ1) is 27.4. The molecule has 0 bridgehead atoms. The lowest BCUT2D eigenvalue weighted by atomic mass is 10.0. The maximum absolute atomic E-state index is 13.0. The van der Waals surface area contributed by atoms with Gasteiger partial charge in [0, 0.05) is 24.9 Å². The van der Waals surface area contributed by atoms with Crippen molar-refractivity contribution in [1.29, 1.82) is 0 Å². The van der Waals surface area contributed by atoms with Gasteiger partial charge in [0.25, 0.3) is 0 Å². The summed E-state index contributed by atoms with van der Waals surface area (Å²) in [5.41, 5.74) is 1.50. The quantitative estimate of drug-likeness (QED) is 0.216. The number of ether oxygens (including phenoxy) is 2. The molecule has 6 nitrogen and oxygen atoms in total. The van der Waals surface area contributed by atoms with Crippen molar-refractivity contribution < 1.29 is 23.9 Å². The fourth-order valence-corrected chi connectivity index (χ4v) is 4.81. The van der Waals surface area contributed by atoms with Crippen LogP contribution in [-0.2, 0) is 20.9 Å². The summed E-state index contributed by atoms with van der Waals surface area (Å²) in [6.07, 6.45) is 7.85. The number of amides is 1. The van der Waals surface area contributed by atoms with E-state index in [1.165, 1.54) is 0 Å². The van der Waals surface area contributed by atoms with Gasteiger partial charge in [-0.25, -0.2) is 9.59 Å². The summed E-state index contributed by atoms with van der Waals surface area (Å²) in [6, 6.07) is 18.9. The number of Topliss-reactive ketones (excluding diaryl/α,β-unsaturated/α-hetero) is 1. The SMILES string of the molecule is CCCC[C@@H]1CC[C@@H](CCCC(=O)CCCOC(=O)c2ccccc2)N1C(=O)OCc1ccccc1. The van der Waals surface area contributed by atoms with Crippen LogP contribution in [0.3, 0.4) is 0 Å². The number of carbonyl (C=O) groups is 3. The fourth-order valence-electron chi connectivity index (χ4n) is 4.81. The van der Waals surface area contributed by atoms with Crippen LogP contribution in [0, 0.1) is 0 Å². The minimum Gasteiger partial charge on any atom is -0.462 e. The van der Waals surface area contributed by atoms with Gasteiger partial charge >= 0.3 is 12.1 Å². The highest BCUT2D eigenvalue weighted by Gasteiger charge is 2.37. The van der Waals surface area contributed by atoms with Crippen LogP contribution in [0.15, 0.2) is 60.7 Å². The molecule has 0 aromatic heterocycles. The Morgan fingerprint density at radius 2 is 1.42 bits per heavy atom. The molecule has 0 unspecified atom stereocenters. The summed E-state index contributed by atoms with van der Waals surface area (Å²) in [5, 5.41) is 0. The Kier molecular flexibility index (Phi) is 11.5. The third kappa shape index (κ3) is 8.81. The van der Waals surface area contributed by atoms with Gasteiger partial charge in [-0.3, -0.25) is 4.79 Å². The van der Waals surface area contributed by atoms with E-state index in [9.17, 15) is 14.4 Å². The van der Waals surface area contributed by atoms with Gasteiger partial charge in [0.05, 0.1) is 12.2 Å². The summed E-state index contributed by atoms with van der Waals surface area (Å²) in [6.45, 7) is 2.68. The molecule has 1 fully saturated rings. The summed E-state index contributed by atoms with van der Waals surface area (Å²) in [7, 11) is 0. The maximum atomic E-state index is 13.0. The molecule has 1 aliphatic heterocycles. The Morgan fingerprint density at radius 1 is 0.806 bits per heavy atom. The number of carbonyl (C=O) groups excluding carboxylic acids is 3. The van der Waals surface area contributed by atoms with Crippen molar-refractivity contribution in [2.24, 2.45) is 0 Å². The molecular formula is C30H39NO5. The third-order valence-corrected chi connectivity index (χ3v) is 6.76. The topological polar surface area (TPSA) is 72.9 Å². The molecule has 3 rings (SSSR count). The molecule has 0 N–H and O–H groups in total. The lowest BCUT2D eigenvalue weighted by Crippen LogP contribution is -2.41. The highest BCUT2D eigenvalue weighted by Crippen LogP contribution is 2.31. The van der Waals surface area contributed by atoms with Gasteiger partial charge < -0.3 is 14.4 Å². The van der Waals surface area contributed by atoms with Crippen LogP contribution in [0.2, 0.25) is 0 Å². The minimum absolute atomic E-state index is 0.120. The van der Waals surface area contributed by atoms with E-state index < -0.39 is 0 Å². The zero-order valence-corrected chi connectivity index (χ0v) is 21.4. The number of likely N-dealkylation sites (tertiary alicyclic amines) is 1. The van der Waals surface area contributed by atoms with Crippen molar-refractivity contribution in [3.8, 4) is 0 Å². The lowest BCUT2D eigenvalue weighted by molar-refractivity contribution is -0.119. The van der Waals surface area contributed by atoms with E-state index >= 15 is 0 Å². The second-order valence-corrected chi connectivity index (χ2v) is 9.51. The number of rotatable bonds is 14. The lowest BCUT2D eigenvalue weighted by Gasteiger charge is -2.30. The zero-order chi connectivity index (χ0) is 25.6. The number of benzene rings is 2. The van der Waals surface area contributed by atoms with Gasteiger partial charge in [-0.15, -0.1) is 0 Å². The Bertz CT molecular complexity index is 946. The van der Waals surface area contributed by atoms with E-state index in [1.807, 2.05) is 41.3 Å². The number of ketones is 1. The van der Waals surface area contributed by atoms with Gasteiger partial charge in [0.15, 0.2) is 0 Å². The number of unbranched alkanes of at least 4 members (excludes halogenated alkanes) is 1. The van der Waals surface area contributed by atoms with E-state index in [1.54, 1.807) is 24.3 Å². The molecule has 0 spiro atoms. The summed E-state index contributed by atoms with van der Waals surface area (Å²) >= 11 is 0. The van der Waals surface area contributed by atoms with Crippen LogP contribution in [0.4, 0.5) is 4.79 Å². The minimum atomic E-state index is -0.360. The van der Waals surface area contributed by atoms with Crippen LogP contribution in [0.25, 0.3) is 0 Å². The Morgan fingerprint density at radius 3 is 2.08 bits per heavy atom. The molecule has 1 aliphatic rings. The second-order valence-electron chi connectivity index (χ2n) is 9.51. The first-order chi connectivity index (χ1) is 17.6. The van der Waals surface area contributed by atoms with Crippen LogP contribution >= 0.6 is 0 Å². The molecule has 194 valence electrons. The van der Waals surface area contributed by atoms with Gasteiger partial charge in [0.2, 0.25) is 0 Å². The first-order valence-corrected chi connectivity index (χ1v) is 13.3. The van der Waals surface area contributed by atoms with E-state index in [0.717, 1.165) is 50.5 Å². The van der Waals surface area contributed by atoms with Crippen LogP contribution < -0.4 is 0 Å². The van der Waals surface area contributed by atoms with E-state index in [-0.39, 0.29) is 43.1 Å². The Balaban J connectivity index is 1.39. The van der Waals surface area contributed by atoms with Crippen LogP contribution in [-0.4, -0.2) is 41.4 Å². The molecule has 6 heteroatoms. The summed E-state index contributed by atoms with van der Waals surface area (Å²) in [4.78, 5) is 39.3. The maximum Gasteiger partial charge on any atom is 0.410 e. The average Bonchev–Trinajstić information content (AvgIpc) is 3.32. The monoisotopic (exact) mass is 493 g/mol. The Hall–Kier alpha value is -3.15. The highest BCUT2D eigenvalue weighted by molar-refractivity contribution is 5.89. The average molecular weight is 494 g/mol. The molecule has 0 radical (unpaired) electrons. The van der Waals surface area contributed by atoms with Crippen LogP contribution in [0.5, 0.6) is 0 Å². The van der Waals surface area contributed by atoms with E-state index in [2.05, 4.69) is 6.92 Å².